The van der Waals surface area contributed by atoms with E-state index in [0.717, 1.165) is 5.56 Å². The number of nitrogens with one attached hydrogen (secondary N) is 1. The third-order valence-corrected chi connectivity index (χ3v) is 3.78. The second-order valence-corrected chi connectivity index (χ2v) is 4.83. The quantitative estimate of drug-likeness (QED) is 0.918. The van der Waals surface area contributed by atoms with Gasteiger partial charge in [0.15, 0.2) is 0 Å². The number of H-pyrrole nitrogens is 1. The van der Waals surface area contributed by atoms with Crippen LogP contribution in [-0.2, 0) is 0 Å². The second-order valence-electron chi connectivity index (χ2n) is 4.83. The first kappa shape index (κ1) is 12.0. The summed E-state index contributed by atoms with van der Waals surface area (Å²) in [5.74, 6) is 0.872. The van der Waals surface area contributed by atoms with Crippen molar-refractivity contribution >= 4 is 0 Å². The molecule has 2 aromatic rings. The lowest BCUT2D eigenvalue weighted by Crippen LogP contribution is -2.14. The molecule has 0 spiro atoms. The van der Waals surface area contributed by atoms with E-state index in [1.165, 1.54) is 38.3 Å². The summed E-state index contributed by atoms with van der Waals surface area (Å²) in [5.41, 5.74) is 2.67. The predicted molar refractivity (Wildman–Crippen MR) is 73.4 cm³/mol. The van der Waals surface area contributed by atoms with E-state index in [-0.39, 0.29) is 11.3 Å². The third-order valence-electron chi connectivity index (χ3n) is 3.78. The average molecular weight is 256 g/mol. The molecule has 1 aliphatic carbocycles. The molecule has 0 bridgehead atoms. The molecular formula is C15H16N2O2. The summed E-state index contributed by atoms with van der Waals surface area (Å²) >= 11 is 0. The van der Waals surface area contributed by atoms with Crippen molar-refractivity contribution in [3.63, 3.8) is 0 Å². The molecule has 98 valence electrons. The zero-order chi connectivity index (χ0) is 13.2. The lowest BCUT2D eigenvalue weighted by atomic mass is 9.77. The minimum Gasteiger partial charge on any atom is -0.490 e. The molecule has 1 N–H and O–H groups in total. The maximum Gasteiger partial charge on any atom is 0.293 e. The van der Waals surface area contributed by atoms with Gasteiger partial charge in [-0.25, -0.2) is 4.98 Å². The summed E-state index contributed by atoms with van der Waals surface area (Å²) in [5, 5.41) is 0. The number of nitrogens with zero attached hydrogens (tertiary/aromatic N) is 1. The van der Waals surface area contributed by atoms with Gasteiger partial charge in [0.25, 0.3) is 5.56 Å². The first-order valence-electron chi connectivity index (χ1n) is 6.52. The SMILES string of the molecule is COc1c(-c2ccccc2C2CCC2)nc[nH]c1=O. The highest BCUT2D eigenvalue weighted by Gasteiger charge is 2.24. The van der Waals surface area contributed by atoms with Gasteiger partial charge in [0.05, 0.1) is 13.4 Å². The number of ether oxygens (including phenoxy) is 1. The van der Waals surface area contributed by atoms with E-state index in [2.05, 4.69) is 16.0 Å². The molecule has 4 nitrogen and oxygen atoms in total. The Balaban J connectivity index is 2.17. The molecule has 0 radical (unpaired) electrons. The largest absolute Gasteiger partial charge is 0.490 e. The lowest BCUT2D eigenvalue weighted by molar-refractivity contribution is 0.406. The first-order chi connectivity index (χ1) is 9.31. The topological polar surface area (TPSA) is 55.0 Å². The summed E-state index contributed by atoms with van der Waals surface area (Å²) in [4.78, 5) is 18.6. The minimum absolute atomic E-state index is 0.240. The molecule has 0 atom stereocenters. The molecule has 1 aromatic heterocycles. The van der Waals surface area contributed by atoms with E-state index in [1.54, 1.807) is 0 Å². The maximum absolute atomic E-state index is 11.8. The van der Waals surface area contributed by atoms with E-state index < -0.39 is 0 Å². The third kappa shape index (κ3) is 2.03. The number of hydrogen-bond acceptors (Lipinski definition) is 3. The number of aromatic nitrogens is 2. The van der Waals surface area contributed by atoms with Crippen LogP contribution in [0.3, 0.4) is 0 Å². The number of aromatic amines is 1. The van der Waals surface area contributed by atoms with E-state index in [0.29, 0.717) is 11.6 Å². The molecule has 0 unspecified atom stereocenters. The molecule has 1 aromatic carbocycles. The van der Waals surface area contributed by atoms with Gasteiger partial charge in [-0.3, -0.25) is 4.79 Å². The van der Waals surface area contributed by atoms with Crippen LogP contribution in [0.25, 0.3) is 11.3 Å². The Kier molecular flexibility index (Phi) is 3.07. The van der Waals surface area contributed by atoms with Gasteiger partial charge >= 0.3 is 0 Å². The molecule has 3 rings (SSSR count). The monoisotopic (exact) mass is 256 g/mol. The molecule has 19 heavy (non-hydrogen) atoms. The molecule has 4 heteroatoms. The van der Waals surface area contributed by atoms with Gasteiger partial charge in [-0.05, 0) is 24.3 Å². The van der Waals surface area contributed by atoms with Crippen LogP contribution in [0.15, 0.2) is 35.4 Å². The summed E-state index contributed by atoms with van der Waals surface area (Å²) in [7, 11) is 1.50. The summed E-state index contributed by atoms with van der Waals surface area (Å²) < 4.78 is 5.21. The number of benzene rings is 1. The standard InChI is InChI=1S/C15H16N2O2/c1-19-14-13(16-9-17-15(14)18)12-8-3-2-7-11(12)10-5-4-6-10/h2-3,7-10H,4-6H2,1H3,(H,16,17,18). The van der Waals surface area contributed by atoms with Gasteiger partial charge in [-0.1, -0.05) is 30.7 Å². The highest BCUT2D eigenvalue weighted by molar-refractivity contribution is 5.69. The van der Waals surface area contributed by atoms with Crippen molar-refractivity contribution in [3.8, 4) is 17.0 Å². The predicted octanol–water partition coefficient (Wildman–Crippen LogP) is 2.71. The highest BCUT2D eigenvalue weighted by atomic mass is 16.5. The average Bonchev–Trinajstić information content (AvgIpc) is 2.37. The van der Waals surface area contributed by atoms with Gasteiger partial charge in [0, 0.05) is 5.56 Å². The van der Waals surface area contributed by atoms with Crippen molar-refractivity contribution in [2.24, 2.45) is 0 Å². The minimum atomic E-state index is -0.240. The smallest absolute Gasteiger partial charge is 0.293 e. The lowest BCUT2D eigenvalue weighted by Gasteiger charge is -2.27. The molecule has 1 fully saturated rings. The maximum atomic E-state index is 11.8. The van der Waals surface area contributed by atoms with E-state index in [9.17, 15) is 4.79 Å². The highest BCUT2D eigenvalue weighted by Crippen LogP contribution is 2.41. The number of methoxy groups -OCH3 is 1. The van der Waals surface area contributed by atoms with Crippen molar-refractivity contribution in [2.75, 3.05) is 7.11 Å². The Bertz CT molecular complexity index is 645. The van der Waals surface area contributed by atoms with Crippen LogP contribution in [-0.4, -0.2) is 17.1 Å². The number of hydrogen-bond donors (Lipinski definition) is 1. The molecule has 1 heterocycles. The van der Waals surface area contributed by atoms with Crippen molar-refractivity contribution in [1.29, 1.82) is 0 Å². The number of rotatable bonds is 3. The van der Waals surface area contributed by atoms with Crippen LogP contribution in [0.4, 0.5) is 0 Å². The fourth-order valence-electron chi connectivity index (χ4n) is 2.56. The summed E-state index contributed by atoms with van der Waals surface area (Å²) in [6, 6.07) is 8.15. The normalized spacial score (nSPS) is 15.0. The molecule has 0 saturated heterocycles. The van der Waals surface area contributed by atoms with Gasteiger partial charge in [-0.15, -0.1) is 0 Å². The van der Waals surface area contributed by atoms with Crippen molar-refractivity contribution in [1.82, 2.24) is 9.97 Å². The Hall–Kier alpha value is -2.10. The van der Waals surface area contributed by atoms with Crippen molar-refractivity contribution in [3.05, 3.63) is 46.5 Å². The zero-order valence-corrected chi connectivity index (χ0v) is 10.8. The molecule has 0 amide bonds. The second kappa shape index (κ2) is 4.88. The van der Waals surface area contributed by atoms with Crippen LogP contribution in [0.2, 0.25) is 0 Å². The Morgan fingerprint density at radius 1 is 1.32 bits per heavy atom. The van der Waals surface area contributed by atoms with Gasteiger partial charge in [0.1, 0.15) is 5.69 Å². The molecule has 1 aliphatic rings. The van der Waals surface area contributed by atoms with E-state index >= 15 is 0 Å². The molecular weight excluding hydrogens is 240 g/mol. The Morgan fingerprint density at radius 3 is 2.79 bits per heavy atom. The van der Waals surface area contributed by atoms with Gasteiger partial charge < -0.3 is 9.72 Å². The first-order valence-corrected chi connectivity index (χ1v) is 6.52. The summed E-state index contributed by atoms with van der Waals surface area (Å²) in [6.07, 6.45) is 5.13. The van der Waals surface area contributed by atoms with Crippen LogP contribution >= 0.6 is 0 Å². The fourth-order valence-corrected chi connectivity index (χ4v) is 2.56. The van der Waals surface area contributed by atoms with Crippen LogP contribution < -0.4 is 10.3 Å². The van der Waals surface area contributed by atoms with Crippen molar-refractivity contribution in [2.45, 2.75) is 25.2 Å². The van der Waals surface area contributed by atoms with Gasteiger partial charge in [0.2, 0.25) is 5.75 Å². The Morgan fingerprint density at radius 2 is 2.11 bits per heavy atom. The summed E-state index contributed by atoms with van der Waals surface area (Å²) in [6.45, 7) is 0. The zero-order valence-electron chi connectivity index (χ0n) is 10.8. The molecule has 0 aliphatic heterocycles. The Labute approximate surface area is 111 Å². The van der Waals surface area contributed by atoms with Crippen LogP contribution in [0.5, 0.6) is 5.75 Å². The van der Waals surface area contributed by atoms with Crippen LogP contribution in [0, 0.1) is 0 Å². The molecule has 1 saturated carbocycles. The van der Waals surface area contributed by atoms with Crippen LogP contribution in [0.1, 0.15) is 30.7 Å². The van der Waals surface area contributed by atoms with Gasteiger partial charge in [-0.2, -0.15) is 0 Å². The fraction of sp³-hybridized carbons (Fsp3) is 0.333. The van der Waals surface area contributed by atoms with E-state index in [4.69, 9.17) is 4.74 Å². The van der Waals surface area contributed by atoms with E-state index in [1.807, 2.05) is 18.2 Å². The van der Waals surface area contributed by atoms with Crippen molar-refractivity contribution < 1.29 is 4.74 Å².